The van der Waals surface area contributed by atoms with Gasteiger partial charge in [-0.2, -0.15) is 0 Å². The third-order valence-electron chi connectivity index (χ3n) is 4.99. The Morgan fingerprint density at radius 2 is 1.48 bits per heavy atom. The SMILES string of the molecule is Cc1ccc2cc3c4ccc(C(C)(C)C)cc4n(C)c3cc2c1. The summed E-state index contributed by atoms with van der Waals surface area (Å²) in [4.78, 5) is 0. The van der Waals surface area contributed by atoms with Crippen LogP contribution in [0.1, 0.15) is 31.9 Å². The first-order valence-corrected chi connectivity index (χ1v) is 8.28. The molecule has 0 bridgehead atoms. The van der Waals surface area contributed by atoms with Crippen LogP contribution >= 0.6 is 0 Å². The van der Waals surface area contributed by atoms with Crippen LogP contribution in [0.15, 0.2) is 48.5 Å². The molecule has 0 unspecified atom stereocenters. The highest BCUT2D eigenvalue weighted by molar-refractivity contribution is 6.12. The molecule has 0 amide bonds. The lowest BCUT2D eigenvalue weighted by Gasteiger charge is -2.19. The topological polar surface area (TPSA) is 4.93 Å². The van der Waals surface area contributed by atoms with E-state index in [4.69, 9.17) is 0 Å². The predicted octanol–water partition coefficient (Wildman–Crippen LogP) is 6.09. The molecule has 0 radical (unpaired) electrons. The van der Waals surface area contributed by atoms with Crippen LogP contribution in [0.5, 0.6) is 0 Å². The molecule has 0 aliphatic rings. The Bertz CT molecular complexity index is 1060. The summed E-state index contributed by atoms with van der Waals surface area (Å²) >= 11 is 0. The maximum Gasteiger partial charge on any atom is 0.0495 e. The van der Waals surface area contributed by atoms with Gasteiger partial charge in [0.15, 0.2) is 0 Å². The Morgan fingerprint density at radius 1 is 0.739 bits per heavy atom. The fourth-order valence-electron chi connectivity index (χ4n) is 3.53. The Hall–Kier alpha value is -2.28. The number of hydrogen-bond acceptors (Lipinski definition) is 0. The van der Waals surface area contributed by atoms with Gasteiger partial charge in [0.1, 0.15) is 0 Å². The zero-order valence-corrected chi connectivity index (χ0v) is 14.6. The molecule has 23 heavy (non-hydrogen) atoms. The molecule has 0 saturated heterocycles. The normalized spacial score (nSPS) is 12.6. The van der Waals surface area contributed by atoms with E-state index in [2.05, 4.69) is 87.8 Å². The number of aryl methyl sites for hydroxylation is 2. The average molecular weight is 301 g/mol. The van der Waals surface area contributed by atoms with Gasteiger partial charge in [0.25, 0.3) is 0 Å². The van der Waals surface area contributed by atoms with Crippen LogP contribution in [0.25, 0.3) is 32.6 Å². The monoisotopic (exact) mass is 301 g/mol. The number of fused-ring (bicyclic) bond motifs is 4. The molecule has 4 aromatic rings. The molecule has 1 heterocycles. The fourth-order valence-corrected chi connectivity index (χ4v) is 3.53. The van der Waals surface area contributed by atoms with E-state index in [1.54, 1.807) is 0 Å². The largest absolute Gasteiger partial charge is 0.344 e. The van der Waals surface area contributed by atoms with Gasteiger partial charge >= 0.3 is 0 Å². The van der Waals surface area contributed by atoms with Crippen molar-refractivity contribution in [1.82, 2.24) is 4.57 Å². The van der Waals surface area contributed by atoms with Crippen LogP contribution < -0.4 is 0 Å². The van der Waals surface area contributed by atoms with Crippen molar-refractivity contribution in [3.05, 3.63) is 59.7 Å². The lowest BCUT2D eigenvalue weighted by atomic mass is 9.86. The van der Waals surface area contributed by atoms with Crippen molar-refractivity contribution in [2.24, 2.45) is 7.05 Å². The summed E-state index contributed by atoms with van der Waals surface area (Å²) in [6.45, 7) is 8.97. The summed E-state index contributed by atoms with van der Waals surface area (Å²) in [6.07, 6.45) is 0. The quantitative estimate of drug-likeness (QED) is 0.370. The van der Waals surface area contributed by atoms with Crippen molar-refractivity contribution < 1.29 is 0 Å². The molecule has 3 aromatic carbocycles. The molecule has 1 heteroatoms. The van der Waals surface area contributed by atoms with Gasteiger partial charge in [-0.25, -0.2) is 0 Å². The van der Waals surface area contributed by atoms with Crippen LogP contribution in [-0.2, 0) is 12.5 Å². The molecular formula is C22H23N. The molecule has 1 nitrogen and oxygen atoms in total. The van der Waals surface area contributed by atoms with Crippen molar-refractivity contribution in [2.45, 2.75) is 33.1 Å². The first kappa shape index (κ1) is 14.3. The van der Waals surface area contributed by atoms with Gasteiger partial charge in [-0.15, -0.1) is 0 Å². The highest BCUT2D eigenvalue weighted by Gasteiger charge is 2.16. The van der Waals surface area contributed by atoms with E-state index in [9.17, 15) is 0 Å². The predicted molar refractivity (Wildman–Crippen MR) is 101 cm³/mol. The molecule has 116 valence electrons. The molecule has 0 aliphatic carbocycles. The Morgan fingerprint density at radius 3 is 2.22 bits per heavy atom. The van der Waals surface area contributed by atoms with Crippen LogP contribution in [-0.4, -0.2) is 4.57 Å². The highest BCUT2D eigenvalue weighted by atomic mass is 14.9. The number of aromatic nitrogens is 1. The summed E-state index contributed by atoms with van der Waals surface area (Å²) in [5, 5.41) is 5.33. The molecule has 0 saturated carbocycles. The maximum absolute atomic E-state index is 2.35. The first-order chi connectivity index (χ1) is 10.8. The molecular weight excluding hydrogens is 278 g/mol. The van der Waals surface area contributed by atoms with Gasteiger partial charge in [0.05, 0.1) is 0 Å². The van der Waals surface area contributed by atoms with Crippen molar-refractivity contribution in [3.63, 3.8) is 0 Å². The van der Waals surface area contributed by atoms with Crippen molar-refractivity contribution in [3.8, 4) is 0 Å². The second kappa shape index (κ2) is 4.61. The number of nitrogens with zero attached hydrogens (tertiary/aromatic N) is 1. The van der Waals surface area contributed by atoms with E-state index in [0.29, 0.717) is 0 Å². The number of rotatable bonds is 0. The minimum atomic E-state index is 0.173. The number of benzene rings is 3. The van der Waals surface area contributed by atoms with E-state index in [0.717, 1.165) is 0 Å². The second-order valence-electron chi connectivity index (χ2n) is 7.76. The summed E-state index contributed by atoms with van der Waals surface area (Å²) in [5.41, 5.74) is 5.50. The van der Waals surface area contributed by atoms with Crippen LogP contribution in [0.2, 0.25) is 0 Å². The zero-order valence-electron chi connectivity index (χ0n) is 14.6. The van der Waals surface area contributed by atoms with Crippen LogP contribution in [0, 0.1) is 6.92 Å². The van der Waals surface area contributed by atoms with E-state index in [-0.39, 0.29) is 5.41 Å². The number of hydrogen-bond donors (Lipinski definition) is 0. The Labute approximate surface area is 137 Å². The van der Waals surface area contributed by atoms with E-state index in [1.165, 1.54) is 43.7 Å². The van der Waals surface area contributed by atoms with Crippen molar-refractivity contribution in [2.75, 3.05) is 0 Å². The first-order valence-electron chi connectivity index (χ1n) is 8.28. The highest BCUT2D eigenvalue weighted by Crippen LogP contribution is 2.34. The standard InChI is InChI=1S/C22H23N/c1-14-6-7-15-11-19-18-9-8-17(22(2,3)4)13-21(18)23(5)20(19)12-16(15)10-14/h6-13H,1-5H3. The van der Waals surface area contributed by atoms with E-state index in [1.807, 2.05) is 0 Å². The molecule has 0 fully saturated rings. The fraction of sp³-hybridized carbons (Fsp3) is 0.273. The Balaban J connectivity index is 2.12. The van der Waals surface area contributed by atoms with Crippen molar-refractivity contribution in [1.29, 1.82) is 0 Å². The van der Waals surface area contributed by atoms with Gasteiger partial charge in [0.2, 0.25) is 0 Å². The summed E-state index contributed by atoms with van der Waals surface area (Å²) in [6, 6.07) is 18.3. The summed E-state index contributed by atoms with van der Waals surface area (Å²) in [5.74, 6) is 0. The smallest absolute Gasteiger partial charge is 0.0495 e. The third-order valence-corrected chi connectivity index (χ3v) is 4.99. The summed E-state index contributed by atoms with van der Waals surface area (Å²) in [7, 11) is 2.18. The van der Waals surface area contributed by atoms with Gasteiger partial charge in [-0.1, -0.05) is 56.7 Å². The minimum Gasteiger partial charge on any atom is -0.344 e. The Kier molecular flexibility index (Phi) is 2.87. The lowest BCUT2D eigenvalue weighted by Crippen LogP contribution is -2.10. The second-order valence-corrected chi connectivity index (χ2v) is 7.76. The average Bonchev–Trinajstić information content (AvgIpc) is 2.77. The zero-order chi connectivity index (χ0) is 16.4. The molecule has 0 aliphatic heterocycles. The van der Waals surface area contributed by atoms with Gasteiger partial charge in [-0.3, -0.25) is 0 Å². The lowest BCUT2D eigenvalue weighted by molar-refractivity contribution is 0.591. The molecule has 0 N–H and O–H groups in total. The minimum absolute atomic E-state index is 0.173. The molecule has 0 atom stereocenters. The molecule has 1 aromatic heterocycles. The summed E-state index contributed by atoms with van der Waals surface area (Å²) < 4.78 is 2.34. The van der Waals surface area contributed by atoms with Gasteiger partial charge < -0.3 is 4.57 Å². The van der Waals surface area contributed by atoms with Crippen LogP contribution in [0.3, 0.4) is 0 Å². The molecule has 0 spiro atoms. The maximum atomic E-state index is 2.35. The third kappa shape index (κ3) is 2.15. The molecule has 4 rings (SSSR count). The van der Waals surface area contributed by atoms with Crippen molar-refractivity contribution >= 4 is 32.6 Å². The van der Waals surface area contributed by atoms with E-state index >= 15 is 0 Å². The van der Waals surface area contributed by atoms with E-state index < -0.39 is 0 Å². The van der Waals surface area contributed by atoms with Crippen LogP contribution in [0.4, 0.5) is 0 Å². The van der Waals surface area contributed by atoms with Gasteiger partial charge in [0, 0.05) is 28.9 Å². The van der Waals surface area contributed by atoms with Gasteiger partial charge in [-0.05, 0) is 46.9 Å².